The third-order valence-electron chi connectivity index (χ3n) is 5.20. The minimum atomic E-state index is -0.568. The lowest BCUT2D eigenvalue weighted by Crippen LogP contribution is -2.54. The molecule has 1 aliphatic heterocycles. The third kappa shape index (κ3) is 5.18. The molecule has 0 radical (unpaired) electrons. The van der Waals surface area contributed by atoms with Crippen molar-refractivity contribution in [2.75, 3.05) is 13.7 Å². The molecule has 1 aromatic rings. The van der Waals surface area contributed by atoms with E-state index >= 15 is 0 Å². The van der Waals surface area contributed by atoms with E-state index in [0.29, 0.717) is 19.5 Å². The van der Waals surface area contributed by atoms with Gasteiger partial charge in [-0.3, -0.25) is 9.69 Å². The Morgan fingerprint density at radius 1 is 1.11 bits per heavy atom. The van der Waals surface area contributed by atoms with E-state index in [1.165, 1.54) is 0 Å². The molecule has 154 valence electrons. The van der Waals surface area contributed by atoms with Gasteiger partial charge in [0.15, 0.2) is 0 Å². The van der Waals surface area contributed by atoms with Gasteiger partial charge in [-0.15, -0.1) is 0 Å². The van der Waals surface area contributed by atoms with Crippen LogP contribution in [0.2, 0.25) is 0 Å². The number of benzene rings is 1. The highest BCUT2D eigenvalue weighted by Crippen LogP contribution is 2.32. The van der Waals surface area contributed by atoms with Crippen molar-refractivity contribution in [3.05, 3.63) is 29.8 Å². The number of carbonyl (C=O) groups is 2. The molecule has 0 aromatic heterocycles. The van der Waals surface area contributed by atoms with E-state index in [2.05, 4.69) is 0 Å². The highest BCUT2D eigenvalue weighted by molar-refractivity contribution is 5.86. The summed E-state index contributed by atoms with van der Waals surface area (Å²) in [6.45, 7) is 6.70. The lowest BCUT2D eigenvalue weighted by molar-refractivity contribution is -0.139. The van der Waals surface area contributed by atoms with Gasteiger partial charge in [-0.05, 0) is 70.6 Å². The second-order valence-corrected chi connectivity index (χ2v) is 8.73. The number of rotatable bonds is 5. The first-order valence-electron chi connectivity index (χ1n) is 10.2. The van der Waals surface area contributed by atoms with E-state index < -0.39 is 11.6 Å². The lowest BCUT2D eigenvalue weighted by atomic mass is 10.0. The van der Waals surface area contributed by atoms with Crippen LogP contribution in [0, 0.1) is 0 Å². The summed E-state index contributed by atoms with van der Waals surface area (Å²) < 4.78 is 10.8. The Kier molecular flexibility index (Phi) is 6.16. The molecule has 0 spiro atoms. The Labute approximate surface area is 167 Å². The molecule has 0 N–H and O–H groups in total. The quantitative estimate of drug-likeness (QED) is 0.766. The first kappa shape index (κ1) is 20.5. The maximum absolute atomic E-state index is 13.4. The van der Waals surface area contributed by atoms with Crippen molar-refractivity contribution in [3.63, 3.8) is 0 Å². The fraction of sp³-hybridized carbons (Fsp3) is 0.636. The Morgan fingerprint density at radius 3 is 2.36 bits per heavy atom. The molecule has 0 bridgehead atoms. The van der Waals surface area contributed by atoms with Crippen LogP contribution in [0.25, 0.3) is 0 Å². The Bertz CT molecular complexity index is 691. The number of ether oxygens (including phenoxy) is 2. The van der Waals surface area contributed by atoms with Crippen LogP contribution in [0.4, 0.5) is 4.79 Å². The molecule has 2 aliphatic rings. The molecule has 6 nitrogen and oxygen atoms in total. The molecule has 28 heavy (non-hydrogen) atoms. The second kappa shape index (κ2) is 8.41. The molecule has 0 unspecified atom stereocenters. The van der Waals surface area contributed by atoms with E-state index in [1.54, 1.807) is 12.0 Å². The van der Waals surface area contributed by atoms with Gasteiger partial charge in [0.25, 0.3) is 0 Å². The van der Waals surface area contributed by atoms with Crippen LogP contribution in [0.15, 0.2) is 24.3 Å². The van der Waals surface area contributed by atoms with Crippen LogP contribution >= 0.6 is 0 Å². The number of methoxy groups -OCH3 is 1. The molecule has 1 saturated carbocycles. The van der Waals surface area contributed by atoms with Crippen molar-refractivity contribution in [1.82, 2.24) is 9.80 Å². The molecule has 2 amide bonds. The van der Waals surface area contributed by atoms with E-state index in [-0.39, 0.29) is 18.0 Å². The monoisotopic (exact) mass is 388 g/mol. The summed E-state index contributed by atoms with van der Waals surface area (Å²) in [6.07, 6.45) is 4.24. The zero-order chi connectivity index (χ0) is 20.3. The predicted octanol–water partition coefficient (Wildman–Crippen LogP) is 3.98. The number of hydrogen-bond acceptors (Lipinski definition) is 4. The molecule has 3 rings (SSSR count). The van der Waals surface area contributed by atoms with Crippen molar-refractivity contribution in [1.29, 1.82) is 0 Å². The van der Waals surface area contributed by atoms with Gasteiger partial charge in [0.2, 0.25) is 5.91 Å². The standard InChI is InChI=1S/C22H32N2O4/c1-22(2,3)28-21(26)23-14-6-5-7-19(23)20(25)24(17-10-11-17)15-16-8-12-18(27-4)13-9-16/h8-9,12-13,17,19H,5-7,10-11,14-15H2,1-4H3/t19-/m0/s1. The number of carbonyl (C=O) groups excluding carboxylic acids is 2. The average Bonchev–Trinajstić information content (AvgIpc) is 3.50. The molecular formula is C22H32N2O4. The second-order valence-electron chi connectivity index (χ2n) is 8.73. The lowest BCUT2D eigenvalue weighted by Gasteiger charge is -2.38. The van der Waals surface area contributed by atoms with Crippen LogP contribution < -0.4 is 4.74 Å². The maximum atomic E-state index is 13.4. The van der Waals surface area contributed by atoms with Crippen LogP contribution in [0.3, 0.4) is 0 Å². The average molecular weight is 389 g/mol. The van der Waals surface area contributed by atoms with Crippen molar-refractivity contribution in [2.45, 2.75) is 77.1 Å². The first-order chi connectivity index (χ1) is 13.3. The number of amides is 2. The Hall–Kier alpha value is -2.24. The highest BCUT2D eigenvalue weighted by Gasteiger charge is 2.41. The molecule has 1 saturated heterocycles. The number of piperidine rings is 1. The van der Waals surface area contributed by atoms with Crippen molar-refractivity contribution in [2.24, 2.45) is 0 Å². The van der Waals surface area contributed by atoms with Gasteiger partial charge in [0, 0.05) is 19.1 Å². The first-order valence-corrected chi connectivity index (χ1v) is 10.2. The van der Waals surface area contributed by atoms with Gasteiger partial charge in [-0.25, -0.2) is 4.79 Å². The number of hydrogen-bond donors (Lipinski definition) is 0. The fourth-order valence-corrected chi connectivity index (χ4v) is 3.62. The largest absolute Gasteiger partial charge is 0.497 e. The molecule has 1 atom stereocenters. The van der Waals surface area contributed by atoms with E-state index in [4.69, 9.17) is 9.47 Å². The van der Waals surface area contributed by atoms with Gasteiger partial charge in [0.1, 0.15) is 17.4 Å². The summed E-state index contributed by atoms with van der Waals surface area (Å²) >= 11 is 0. The topological polar surface area (TPSA) is 59.1 Å². The summed E-state index contributed by atoms with van der Waals surface area (Å²) in [4.78, 5) is 29.7. The zero-order valence-corrected chi connectivity index (χ0v) is 17.4. The number of likely N-dealkylation sites (tertiary alicyclic amines) is 1. The van der Waals surface area contributed by atoms with Crippen LogP contribution in [0.5, 0.6) is 5.75 Å². The third-order valence-corrected chi connectivity index (χ3v) is 5.20. The van der Waals surface area contributed by atoms with Gasteiger partial charge < -0.3 is 14.4 Å². The van der Waals surface area contributed by atoms with Crippen LogP contribution in [0.1, 0.15) is 58.4 Å². The molecular weight excluding hydrogens is 356 g/mol. The number of nitrogens with zero attached hydrogens (tertiary/aromatic N) is 2. The molecule has 6 heteroatoms. The van der Waals surface area contributed by atoms with E-state index in [9.17, 15) is 9.59 Å². The summed E-state index contributed by atoms with van der Waals surface area (Å²) in [5.74, 6) is 0.848. The van der Waals surface area contributed by atoms with Gasteiger partial charge in [0.05, 0.1) is 7.11 Å². The minimum absolute atomic E-state index is 0.0453. The van der Waals surface area contributed by atoms with Crippen molar-refractivity contribution >= 4 is 12.0 Å². The van der Waals surface area contributed by atoms with Crippen molar-refractivity contribution < 1.29 is 19.1 Å². The predicted molar refractivity (Wildman–Crippen MR) is 107 cm³/mol. The fourth-order valence-electron chi connectivity index (χ4n) is 3.62. The smallest absolute Gasteiger partial charge is 0.410 e. The summed E-state index contributed by atoms with van der Waals surface area (Å²) in [6, 6.07) is 7.67. The summed E-state index contributed by atoms with van der Waals surface area (Å²) in [5, 5.41) is 0. The molecule has 2 fully saturated rings. The molecule has 1 aromatic carbocycles. The van der Waals surface area contributed by atoms with Crippen LogP contribution in [-0.2, 0) is 16.1 Å². The minimum Gasteiger partial charge on any atom is -0.497 e. The SMILES string of the molecule is COc1ccc(CN(C(=O)[C@@H]2CCCCN2C(=O)OC(C)(C)C)C2CC2)cc1. The molecule has 1 heterocycles. The van der Waals surface area contributed by atoms with Gasteiger partial charge >= 0.3 is 6.09 Å². The Morgan fingerprint density at radius 2 is 1.79 bits per heavy atom. The normalized spacial score (nSPS) is 19.9. The van der Waals surface area contributed by atoms with E-state index in [0.717, 1.165) is 37.0 Å². The van der Waals surface area contributed by atoms with Gasteiger partial charge in [-0.2, -0.15) is 0 Å². The highest BCUT2D eigenvalue weighted by atomic mass is 16.6. The maximum Gasteiger partial charge on any atom is 0.410 e. The van der Waals surface area contributed by atoms with Gasteiger partial charge in [-0.1, -0.05) is 12.1 Å². The Balaban J connectivity index is 1.74. The summed E-state index contributed by atoms with van der Waals surface area (Å²) in [7, 11) is 1.64. The zero-order valence-electron chi connectivity index (χ0n) is 17.4. The molecule has 1 aliphatic carbocycles. The van der Waals surface area contributed by atoms with Crippen LogP contribution in [-0.4, -0.2) is 53.1 Å². The summed E-state index contributed by atoms with van der Waals surface area (Å²) in [5.41, 5.74) is 0.502. The van der Waals surface area contributed by atoms with E-state index in [1.807, 2.05) is 49.9 Å². The van der Waals surface area contributed by atoms with Crippen molar-refractivity contribution in [3.8, 4) is 5.75 Å².